The van der Waals surface area contributed by atoms with Crippen molar-refractivity contribution in [3.8, 4) is 0 Å². The molecule has 156 valence electrons. The molecule has 0 spiro atoms. The number of hydrogen-bond donors (Lipinski definition) is 2. The van der Waals surface area contributed by atoms with Gasteiger partial charge in [0.05, 0.1) is 12.6 Å². The second-order valence-electron chi connectivity index (χ2n) is 7.44. The Morgan fingerprint density at radius 1 is 1.14 bits per heavy atom. The number of amides is 1. The van der Waals surface area contributed by atoms with Crippen molar-refractivity contribution in [2.45, 2.75) is 25.4 Å². The monoisotopic (exact) mass is 413 g/mol. The average molecular weight is 414 g/mol. The summed E-state index contributed by atoms with van der Waals surface area (Å²) in [5, 5.41) is 8.92. The predicted octanol–water partition coefficient (Wildman–Crippen LogP) is 2.71. The first-order valence-corrected chi connectivity index (χ1v) is 11.0. The van der Waals surface area contributed by atoms with Crippen molar-refractivity contribution in [2.75, 3.05) is 40.3 Å². The van der Waals surface area contributed by atoms with Crippen LogP contribution in [0.5, 0.6) is 0 Å². The van der Waals surface area contributed by atoms with Gasteiger partial charge in [-0.2, -0.15) is 0 Å². The average Bonchev–Trinajstić information content (AvgIpc) is 3.44. The zero-order valence-corrected chi connectivity index (χ0v) is 18.1. The molecule has 1 unspecified atom stereocenters. The zero-order chi connectivity index (χ0) is 20.5. The molecule has 29 heavy (non-hydrogen) atoms. The van der Waals surface area contributed by atoms with Crippen LogP contribution in [0.4, 0.5) is 0 Å². The Kier molecular flexibility index (Phi) is 8.07. The van der Waals surface area contributed by atoms with Gasteiger partial charge in [0.2, 0.25) is 5.91 Å². The van der Waals surface area contributed by atoms with Gasteiger partial charge in [0.15, 0.2) is 5.96 Å². The van der Waals surface area contributed by atoms with Gasteiger partial charge < -0.3 is 15.5 Å². The Labute approximate surface area is 177 Å². The number of guanidine groups is 1. The fourth-order valence-corrected chi connectivity index (χ4v) is 4.07. The minimum Gasteiger partial charge on any atom is -0.354 e. The number of carbonyl (C=O) groups excluding carboxylic acids is 1. The van der Waals surface area contributed by atoms with Crippen LogP contribution in [-0.2, 0) is 11.3 Å². The van der Waals surface area contributed by atoms with Crippen LogP contribution >= 0.6 is 11.3 Å². The molecule has 3 rings (SSSR count). The SMILES string of the molecule is CN(C)C(=O)CN=C(NCc1cccs1)NCC(c1ccccc1)N1CCCC1. The fraction of sp³-hybridized carbons (Fsp3) is 0.455. The van der Waals surface area contributed by atoms with Gasteiger partial charge in [-0.1, -0.05) is 36.4 Å². The number of aliphatic imine (C=N–C) groups is 1. The highest BCUT2D eigenvalue weighted by Crippen LogP contribution is 2.24. The maximum atomic E-state index is 12.0. The summed E-state index contributed by atoms with van der Waals surface area (Å²) in [5.74, 6) is 0.662. The molecule has 1 aliphatic rings. The van der Waals surface area contributed by atoms with Crippen molar-refractivity contribution in [3.05, 3.63) is 58.3 Å². The lowest BCUT2D eigenvalue weighted by molar-refractivity contribution is -0.127. The van der Waals surface area contributed by atoms with Gasteiger partial charge >= 0.3 is 0 Å². The summed E-state index contributed by atoms with van der Waals surface area (Å²) in [4.78, 5) is 21.9. The molecule has 7 heteroatoms. The molecule has 1 fully saturated rings. The van der Waals surface area contributed by atoms with E-state index in [-0.39, 0.29) is 18.5 Å². The van der Waals surface area contributed by atoms with Crippen LogP contribution in [0.15, 0.2) is 52.8 Å². The van der Waals surface area contributed by atoms with E-state index in [9.17, 15) is 4.79 Å². The molecular formula is C22H31N5OS. The first-order chi connectivity index (χ1) is 14.1. The van der Waals surface area contributed by atoms with Crippen LogP contribution in [0.2, 0.25) is 0 Å². The Morgan fingerprint density at radius 2 is 1.90 bits per heavy atom. The van der Waals surface area contributed by atoms with Gasteiger partial charge in [-0.05, 0) is 42.9 Å². The van der Waals surface area contributed by atoms with E-state index in [1.165, 1.54) is 23.3 Å². The normalized spacial score (nSPS) is 15.9. The van der Waals surface area contributed by atoms with Crippen molar-refractivity contribution in [2.24, 2.45) is 4.99 Å². The maximum absolute atomic E-state index is 12.0. The number of hydrogen-bond acceptors (Lipinski definition) is 4. The molecule has 1 aliphatic heterocycles. The van der Waals surface area contributed by atoms with E-state index in [1.807, 2.05) is 6.07 Å². The Morgan fingerprint density at radius 3 is 2.55 bits per heavy atom. The molecule has 0 bridgehead atoms. The van der Waals surface area contributed by atoms with Crippen molar-refractivity contribution in [3.63, 3.8) is 0 Å². The van der Waals surface area contributed by atoms with E-state index in [0.29, 0.717) is 12.5 Å². The molecule has 2 N–H and O–H groups in total. The van der Waals surface area contributed by atoms with Gasteiger partial charge in [-0.25, -0.2) is 4.99 Å². The summed E-state index contributed by atoms with van der Waals surface area (Å²) in [6, 6.07) is 15.1. The lowest BCUT2D eigenvalue weighted by atomic mass is 10.1. The number of thiophene rings is 1. The molecular weight excluding hydrogens is 382 g/mol. The van der Waals surface area contributed by atoms with Crippen molar-refractivity contribution >= 4 is 23.2 Å². The standard InChI is InChI=1S/C22H31N5OS/c1-26(2)21(28)17-25-22(23-15-19-11-8-14-29-19)24-16-20(27-12-6-7-13-27)18-9-4-3-5-10-18/h3-5,8-11,14,20H,6-7,12-13,15-17H2,1-2H3,(H2,23,24,25). The number of benzene rings is 1. The Bertz CT molecular complexity index is 770. The molecule has 0 radical (unpaired) electrons. The van der Waals surface area contributed by atoms with Gasteiger partial charge in [-0.3, -0.25) is 9.69 Å². The number of nitrogens with zero attached hydrogens (tertiary/aromatic N) is 3. The minimum absolute atomic E-state index is 0.0126. The smallest absolute Gasteiger partial charge is 0.243 e. The highest BCUT2D eigenvalue weighted by molar-refractivity contribution is 7.09. The molecule has 6 nitrogen and oxygen atoms in total. The summed E-state index contributed by atoms with van der Waals surface area (Å²) in [6.07, 6.45) is 2.50. The van der Waals surface area contributed by atoms with Gasteiger partial charge in [-0.15, -0.1) is 11.3 Å². The molecule has 1 amide bonds. The van der Waals surface area contributed by atoms with E-state index in [1.54, 1.807) is 30.3 Å². The highest BCUT2D eigenvalue weighted by Gasteiger charge is 2.23. The third kappa shape index (κ3) is 6.58. The highest BCUT2D eigenvalue weighted by atomic mass is 32.1. The molecule has 1 aromatic heterocycles. The fourth-order valence-electron chi connectivity index (χ4n) is 3.43. The van der Waals surface area contributed by atoms with E-state index in [2.05, 4.69) is 62.3 Å². The number of rotatable bonds is 8. The van der Waals surface area contributed by atoms with Crippen molar-refractivity contribution in [1.29, 1.82) is 0 Å². The third-order valence-corrected chi connectivity index (χ3v) is 5.99. The molecule has 1 atom stereocenters. The Balaban J connectivity index is 1.68. The molecule has 1 aromatic carbocycles. The lowest BCUT2D eigenvalue weighted by Gasteiger charge is -2.29. The summed E-state index contributed by atoms with van der Waals surface area (Å²) >= 11 is 1.71. The van der Waals surface area contributed by atoms with E-state index < -0.39 is 0 Å². The molecule has 2 heterocycles. The van der Waals surface area contributed by atoms with E-state index in [4.69, 9.17) is 0 Å². The third-order valence-electron chi connectivity index (χ3n) is 5.11. The zero-order valence-electron chi connectivity index (χ0n) is 17.3. The molecule has 0 aliphatic carbocycles. The summed E-state index contributed by atoms with van der Waals surface area (Å²) in [7, 11) is 3.51. The van der Waals surface area contributed by atoms with Gasteiger partial charge in [0, 0.05) is 25.5 Å². The largest absolute Gasteiger partial charge is 0.354 e. The molecule has 2 aromatic rings. The van der Waals surface area contributed by atoms with Crippen LogP contribution in [0.1, 0.15) is 29.3 Å². The quantitative estimate of drug-likeness (QED) is 0.516. The van der Waals surface area contributed by atoms with Crippen LogP contribution in [0.3, 0.4) is 0 Å². The van der Waals surface area contributed by atoms with Crippen molar-refractivity contribution < 1.29 is 4.79 Å². The van der Waals surface area contributed by atoms with Gasteiger partial charge in [0.25, 0.3) is 0 Å². The second kappa shape index (κ2) is 11.0. The molecule has 0 saturated carbocycles. The lowest BCUT2D eigenvalue weighted by Crippen LogP contribution is -2.43. The van der Waals surface area contributed by atoms with Crippen LogP contribution in [0.25, 0.3) is 0 Å². The summed E-state index contributed by atoms with van der Waals surface area (Å²) in [6.45, 7) is 3.81. The van der Waals surface area contributed by atoms with Crippen LogP contribution in [0, 0.1) is 0 Å². The van der Waals surface area contributed by atoms with E-state index in [0.717, 1.165) is 19.6 Å². The van der Waals surface area contributed by atoms with Crippen LogP contribution in [-0.4, -0.2) is 61.9 Å². The topological polar surface area (TPSA) is 60.0 Å². The number of nitrogens with one attached hydrogen (secondary N) is 2. The summed E-state index contributed by atoms with van der Waals surface area (Å²) < 4.78 is 0. The molecule has 1 saturated heterocycles. The minimum atomic E-state index is -0.0126. The first-order valence-electron chi connectivity index (χ1n) is 10.2. The second-order valence-corrected chi connectivity index (χ2v) is 8.47. The van der Waals surface area contributed by atoms with E-state index >= 15 is 0 Å². The first kappa shape index (κ1) is 21.3. The van der Waals surface area contributed by atoms with Gasteiger partial charge in [0.1, 0.15) is 6.54 Å². The summed E-state index contributed by atoms with van der Waals surface area (Å²) in [5.41, 5.74) is 1.31. The van der Waals surface area contributed by atoms with Crippen LogP contribution < -0.4 is 10.6 Å². The number of likely N-dealkylation sites (tertiary alicyclic amines) is 1. The van der Waals surface area contributed by atoms with Crippen molar-refractivity contribution in [1.82, 2.24) is 20.4 Å². The predicted molar refractivity (Wildman–Crippen MR) is 120 cm³/mol. The Hall–Kier alpha value is -2.38. The number of likely N-dealkylation sites (N-methyl/N-ethyl adjacent to an activating group) is 1. The maximum Gasteiger partial charge on any atom is 0.243 e. The number of carbonyl (C=O) groups is 1.